The van der Waals surface area contributed by atoms with Gasteiger partial charge in [0.1, 0.15) is 5.75 Å². The molecule has 1 aliphatic rings. The Hall–Kier alpha value is -3.04. The lowest BCUT2D eigenvalue weighted by Crippen LogP contribution is -2.31. The quantitative estimate of drug-likeness (QED) is 0.436. The highest BCUT2D eigenvalue weighted by Crippen LogP contribution is 2.29. The van der Waals surface area contributed by atoms with Gasteiger partial charge in [0.25, 0.3) is 10.0 Å². The summed E-state index contributed by atoms with van der Waals surface area (Å²) in [7, 11) is -2.58. The van der Waals surface area contributed by atoms with Gasteiger partial charge in [-0.2, -0.15) is 0 Å². The number of ether oxygens (including phenoxy) is 3. The SMILES string of the molecule is C=CCN(c1ccc(OC)cc1)S(=O)(=O)c1ccc(Cl)c(C(=O)OC2CCOC2=O)c1. The molecule has 2 aromatic rings. The first-order chi connectivity index (χ1) is 14.8. The molecule has 3 rings (SSSR count). The highest BCUT2D eigenvalue weighted by Gasteiger charge is 2.32. The van der Waals surface area contributed by atoms with Crippen LogP contribution >= 0.6 is 11.6 Å². The number of hydrogen-bond acceptors (Lipinski definition) is 7. The standard InChI is InChI=1S/C21H20ClNO7S/c1-3-11-23(14-4-6-15(28-2)7-5-14)31(26,27)16-8-9-18(22)17(13-16)20(24)30-19-10-12-29-21(19)25/h3-9,13,19H,1,10-12H2,2H3. The molecule has 0 radical (unpaired) electrons. The van der Waals surface area contributed by atoms with E-state index >= 15 is 0 Å². The number of methoxy groups -OCH3 is 1. The summed E-state index contributed by atoms with van der Waals surface area (Å²) >= 11 is 6.10. The van der Waals surface area contributed by atoms with Crippen molar-refractivity contribution in [2.75, 3.05) is 24.6 Å². The third-order valence-corrected chi connectivity index (χ3v) is 6.66. The van der Waals surface area contributed by atoms with E-state index in [9.17, 15) is 18.0 Å². The maximum atomic E-state index is 13.3. The molecule has 0 aliphatic carbocycles. The van der Waals surface area contributed by atoms with Crippen molar-refractivity contribution in [3.63, 3.8) is 0 Å². The molecule has 1 unspecified atom stereocenters. The molecule has 10 heteroatoms. The largest absolute Gasteiger partial charge is 0.497 e. The topological polar surface area (TPSA) is 99.2 Å². The Balaban J connectivity index is 1.95. The Labute approximate surface area is 185 Å². The normalized spacial score (nSPS) is 15.8. The van der Waals surface area contributed by atoms with Crippen molar-refractivity contribution >= 4 is 39.3 Å². The van der Waals surface area contributed by atoms with Gasteiger partial charge in [0.15, 0.2) is 0 Å². The second-order valence-electron chi connectivity index (χ2n) is 6.51. The molecule has 1 fully saturated rings. The Morgan fingerprint density at radius 3 is 2.58 bits per heavy atom. The van der Waals surface area contributed by atoms with Crippen molar-refractivity contribution in [3.05, 3.63) is 65.7 Å². The van der Waals surface area contributed by atoms with Gasteiger partial charge >= 0.3 is 11.9 Å². The summed E-state index contributed by atoms with van der Waals surface area (Å²) in [5, 5.41) is -0.00460. The van der Waals surface area contributed by atoms with Gasteiger partial charge < -0.3 is 14.2 Å². The van der Waals surface area contributed by atoms with E-state index in [-0.39, 0.29) is 35.1 Å². The van der Waals surface area contributed by atoms with E-state index in [0.29, 0.717) is 11.4 Å². The fourth-order valence-corrected chi connectivity index (χ4v) is 4.59. The average molecular weight is 466 g/mol. The first-order valence-corrected chi connectivity index (χ1v) is 11.0. The molecule has 164 valence electrons. The summed E-state index contributed by atoms with van der Waals surface area (Å²) in [5.74, 6) is -0.989. The van der Waals surface area contributed by atoms with Crippen molar-refractivity contribution in [3.8, 4) is 5.75 Å². The lowest BCUT2D eigenvalue weighted by atomic mass is 10.2. The Bertz CT molecular complexity index is 1100. The van der Waals surface area contributed by atoms with Gasteiger partial charge in [-0.1, -0.05) is 17.7 Å². The summed E-state index contributed by atoms with van der Waals surface area (Å²) in [4.78, 5) is 23.9. The molecule has 0 aromatic heterocycles. The van der Waals surface area contributed by atoms with Crippen LogP contribution in [0, 0.1) is 0 Å². The fraction of sp³-hybridized carbons (Fsp3) is 0.238. The number of cyclic esters (lactones) is 1. The molecule has 1 saturated heterocycles. The number of nitrogens with zero attached hydrogens (tertiary/aromatic N) is 1. The van der Waals surface area contributed by atoms with Gasteiger partial charge in [-0.25, -0.2) is 18.0 Å². The number of esters is 2. The molecule has 8 nitrogen and oxygen atoms in total. The summed E-state index contributed by atoms with van der Waals surface area (Å²) in [6, 6.07) is 10.2. The zero-order valence-electron chi connectivity index (χ0n) is 16.6. The van der Waals surface area contributed by atoms with Crippen LogP contribution in [-0.4, -0.2) is 46.7 Å². The van der Waals surface area contributed by atoms with Crippen LogP contribution < -0.4 is 9.04 Å². The number of halogens is 1. The van der Waals surface area contributed by atoms with Gasteiger partial charge in [0, 0.05) is 6.42 Å². The number of carbonyl (C=O) groups excluding carboxylic acids is 2. The van der Waals surface area contributed by atoms with Gasteiger partial charge in [-0.3, -0.25) is 4.31 Å². The lowest BCUT2D eigenvalue weighted by Gasteiger charge is -2.23. The molecule has 0 saturated carbocycles. The Morgan fingerprint density at radius 1 is 1.29 bits per heavy atom. The maximum Gasteiger partial charge on any atom is 0.347 e. The number of sulfonamides is 1. The number of anilines is 1. The molecule has 0 N–H and O–H groups in total. The van der Waals surface area contributed by atoms with Crippen LogP contribution in [0.1, 0.15) is 16.8 Å². The molecule has 31 heavy (non-hydrogen) atoms. The Kier molecular flexibility index (Phi) is 6.87. The fourth-order valence-electron chi connectivity index (χ4n) is 2.93. The number of rotatable bonds is 8. The van der Waals surface area contributed by atoms with Crippen LogP contribution in [0.4, 0.5) is 5.69 Å². The van der Waals surface area contributed by atoms with Crippen molar-refractivity contribution in [1.82, 2.24) is 0 Å². The lowest BCUT2D eigenvalue weighted by molar-refractivity contribution is -0.145. The van der Waals surface area contributed by atoms with E-state index < -0.39 is 28.1 Å². The predicted octanol–water partition coefficient (Wildman–Crippen LogP) is 3.20. The molecular formula is C21H20ClNO7S. The van der Waals surface area contributed by atoms with Gasteiger partial charge in [0.2, 0.25) is 6.10 Å². The van der Waals surface area contributed by atoms with Crippen LogP contribution in [0.15, 0.2) is 60.0 Å². The van der Waals surface area contributed by atoms with Crippen molar-refractivity contribution < 1.29 is 32.2 Å². The highest BCUT2D eigenvalue weighted by molar-refractivity contribution is 7.92. The second-order valence-corrected chi connectivity index (χ2v) is 8.78. The van der Waals surface area contributed by atoms with Crippen LogP contribution in [0.25, 0.3) is 0 Å². The molecule has 2 aromatic carbocycles. The monoisotopic (exact) mass is 465 g/mol. The van der Waals surface area contributed by atoms with E-state index in [0.717, 1.165) is 10.4 Å². The minimum absolute atomic E-state index is 0.00460. The summed E-state index contributed by atoms with van der Waals surface area (Å²) in [6.07, 6.45) is 0.629. The summed E-state index contributed by atoms with van der Waals surface area (Å²) < 4.78 is 42.8. The van der Waals surface area contributed by atoms with Gasteiger partial charge in [0.05, 0.1) is 41.4 Å². The van der Waals surface area contributed by atoms with E-state index in [1.165, 1.54) is 25.3 Å². The summed E-state index contributed by atoms with van der Waals surface area (Å²) in [5.41, 5.74) is 0.212. The van der Waals surface area contributed by atoms with E-state index in [4.69, 9.17) is 25.8 Å². The highest BCUT2D eigenvalue weighted by atomic mass is 35.5. The van der Waals surface area contributed by atoms with Crippen LogP contribution in [0.2, 0.25) is 5.02 Å². The van der Waals surface area contributed by atoms with Gasteiger partial charge in [-0.15, -0.1) is 6.58 Å². The molecule has 0 bridgehead atoms. The average Bonchev–Trinajstić information content (AvgIpc) is 3.16. The van der Waals surface area contributed by atoms with Gasteiger partial charge in [-0.05, 0) is 42.5 Å². The molecule has 1 heterocycles. The van der Waals surface area contributed by atoms with Crippen molar-refractivity contribution in [2.45, 2.75) is 17.4 Å². The molecule has 1 atom stereocenters. The summed E-state index contributed by atoms with van der Waals surface area (Å²) in [6.45, 7) is 3.76. The van der Waals surface area contributed by atoms with Crippen LogP contribution in [0.3, 0.4) is 0 Å². The zero-order valence-corrected chi connectivity index (χ0v) is 18.2. The van der Waals surface area contributed by atoms with Crippen molar-refractivity contribution in [2.24, 2.45) is 0 Å². The van der Waals surface area contributed by atoms with Crippen molar-refractivity contribution in [1.29, 1.82) is 0 Å². The zero-order chi connectivity index (χ0) is 22.6. The van der Waals surface area contributed by atoms with Crippen LogP contribution in [-0.2, 0) is 24.3 Å². The number of benzene rings is 2. The maximum absolute atomic E-state index is 13.3. The van der Waals surface area contributed by atoms with E-state index in [1.807, 2.05) is 0 Å². The smallest absolute Gasteiger partial charge is 0.347 e. The molecule has 0 amide bonds. The molecule has 1 aliphatic heterocycles. The molecule has 0 spiro atoms. The van der Waals surface area contributed by atoms with E-state index in [1.54, 1.807) is 24.3 Å². The minimum Gasteiger partial charge on any atom is -0.497 e. The first-order valence-electron chi connectivity index (χ1n) is 9.22. The van der Waals surface area contributed by atoms with Crippen LogP contribution in [0.5, 0.6) is 5.75 Å². The third kappa shape index (κ3) is 4.83. The number of carbonyl (C=O) groups is 2. The predicted molar refractivity (Wildman–Crippen MR) is 114 cm³/mol. The van der Waals surface area contributed by atoms with E-state index in [2.05, 4.69) is 6.58 Å². The second kappa shape index (κ2) is 9.40. The molecular weight excluding hydrogens is 446 g/mol. The minimum atomic E-state index is -4.08. The Morgan fingerprint density at radius 2 is 2.00 bits per heavy atom. The first kappa shape index (κ1) is 22.6. The number of hydrogen-bond donors (Lipinski definition) is 0. The third-order valence-electron chi connectivity index (χ3n) is 4.54.